The van der Waals surface area contributed by atoms with E-state index in [4.69, 9.17) is 4.42 Å². The zero-order valence-corrected chi connectivity index (χ0v) is 26.6. The van der Waals surface area contributed by atoms with E-state index in [1.54, 1.807) is 0 Å². The molecule has 1 heterocycles. The maximum absolute atomic E-state index is 6.37. The lowest BCUT2D eigenvalue weighted by molar-refractivity contribution is 0.669. The summed E-state index contributed by atoms with van der Waals surface area (Å²) in [6.07, 6.45) is 0. The lowest BCUT2D eigenvalue weighted by atomic mass is 9.86. The average Bonchev–Trinajstić information content (AvgIpc) is 3.53. The number of furan rings is 1. The highest BCUT2D eigenvalue weighted by molar-refractivity contribution is 6.39. The zero-order chi connectivity index (χ0) is 32.1. The van der Waals surface area contributed by atoms with Crippen LogP contribution in [-0.2, 0) is 0 Å². The number of rotatable bonds is 2. The van der Waals surface area contributed by atoms with E-state index < -0.39 is 0 Å². The molecule has 11 rings (SSSR count). The summed E-state index contributed by atoms with van der Waals surface area (Å²) < 4.78 is 6.37. The number of hydrogen-bond acceptors (Lipinski definition) is 1. The molecule has 0 aliphatic rings. The summed E-state index contributed by atoms with van der Waals surface area (Å²) in [5.74, 6) is 0. The summed E-state index contributed by atoms with van der Waals surface area (Å²) in [5.41, 5.74) is 6.59. The fourth-order valence-corrected chi connectivity index (χ4v) is 8.30. The predicted molar refractivity (Wildman–Crippen MR) is 210 cm³/mol. The summed E-state index contributed by atoms with van der Waals surface area (Å²) in [6, 6.07) is 62.1. The summed E-state index contributed by atoms with van der Waals surface area (Å²) >= 11 is 0. The highest BCUT2D eigenvalue weighted by Crippen LogP contribution is 2.44. The van der Waals surface area contributed by atoms with Crippen LogP contribution in [0, 0.1) is 0 Å². The third kappa shape index (κ3) is 3.87. The first-order valence-electron chi connectivity index (χ1n) is 16.9. The van der Waals surface area contributed by atoms with Gasteiger partial charge >= 0.3 is 0 Å². The fraction of sp³-hybridized carbons (Fsp3) is 0. The van der Waals surface area contributed by atoms with Crippen molar-refractivity contribution in [2.45, 2.75) is 0 Å². The molecule has 0 aliphatic heterocycles. The van der Waals surface area contributed by atoms with Gasteiger partial charge < -0.3 is 4.42 Å². The molecule has 0 atom stereocenters. The maximum Gasteiger partial charge on any atom is 0.136 e. The molecule has 0 amide bonds. The van der Waals surface area contributed by atoms with Crippen molar-refractivity contribution in [1.29, 1.82) is 0 Å². The lowest BCUT2D eigenvalue weighted by Crippen LogP contribution is -1.89. The second-order valence-corrected chi connectivity index (χ2v) is 13.2. The van der Waals surface area contributed by atoms with Crippen LogP contribution in [0.3, 0.4) is 0 Å². The van der Waals surface area contributed by atoms with Crippen LogP contribution in [0.2, 0.25) is 0 Å². The number of fused-ring (bicyclic) bond motifs is 15. The third-order valence-electron chi connectivity index (χ3n) is 10.6. The van der Waals surface area contributed by atoms with Crippen molar-refractivity contribution in [2.24, 2.45) is 0 Å². The lowest BCUT2D eigenvalue weighted by Gasteiger charge is -2.17. The maximum atomic E-state index is 6.37. The van der Waals surface area contributed by atoms with Gasteiger partial charge in [-0.15, -0.1) is 0 Å². The molecule has 0 bridgehead atoms. The van der Waals surface area contributed by atoms with Gasteiger partial charge in [-0.3, -0.25) is 0 Å². The van der Waals surface area contributed by atoms with Gasteiger partial charge in [-0.25, -0.2) is 0 Å². The number of benzene rings is 10. The van der Waals surface area contributed by atoms with Gasteiger partial charge in [0.25, 0.3) is 0 Å². The van der Waals surface area contributed by atoms with Crippen LogP contribution in [0.5, 0.6) is 0 Å². The topological polar surface area (TPSA) is 13.1 Å². The first-order valence-corrected chi connectivity index (χ1v) is 16.9. The molecule has 0 radical (unpaired) electrons. The van der Waals surface area contributed by atoms with E-state index in [0.717, 1.165) is 27.5 Å². The summed E-state index contributed by atoms with van der Waals surface area (Å²) in [6.45, 7) is 0. The van der Waals surface area contributed by atoms with Gasteiger partial charge in [0.05, 0.1) is 0 Å². The molecule has 1 heteroatoms. The second kappa shape index (κ2) is 10.0. The molecule has 1 aromatic heterocycles. The highest BCUT2D eigenvalue weighted by Gasteiger charge is 2.16. The zero-order valence-electron chi connectivity index (χ0n) is 26.6. The molecule has 0 unspecified atom stereocenters. The second-order valence-electron chi connectivity index (χ2n) is 13.2. The smallest absolute Gasteiger partial charge is 0.136 e. The van der Waals surface area contributed by atoms with E-state index in [9.17, 15) is 0 Å². The van der Waals surface area contributed by atoms with Crippen molar-refractivity contribution in [3.63, 3.8) is 0 Å². The van der Waals surface area contributed by atoms with Crippen LogP contribution in [0.25, 0.3) is 109 Å². The molecule has 1 nitrogen and oxygen atoms in total. The van der Waals surface area contributed by atoms with Crippen molar-refractivity contribution in [2.75, 3.05) is 0 Å². The molecule has 0 aliphatic carbocycles. The van der Waals surface area contributed by atoms with E-state index in [2.05, 4.69) is 170 Å². The first kappa shape index (κ1) is 26.6. The van der Waals surface area contributed by atoms with Gasteiger partial charge in [-0.05, 0) is 117 Å². The Morgan fingerprint density at radius 3 is 1.24 bits per heavy atom. The minimum atomic E-state index is 0.917. The van der Waals surface area contributed by atoms with Crippen LogP contribution < -0.4 is 0 Å². The van der Waals surface area contributed by atoms with Crippen molar-refractivity contribution in [3.8, 4) is 22.3 Å². The molecule has 49 heavy (non-hydrogen) atoms. The quantitative estimate of drug-likeness (QED) is 0.175. The fourth-order valence-electron chi connectivity index (χ4n) is 8.30. The van der Waals surface area contributed by atoms with Gasteiger partial charge in [0.2, 0.25) is 0 Å². The van der Waals surface area contributed by atoms with E-state index in [-0.39, 0.29) is 0 Å². The minimum absolute atomic E-state index is 0.917. The highest BCUT2D eigenvalue weighted by atomic mass is 16.3. The first-order chi connectivity index (χ1) is 24.3. The van der Waals surface area contributed by atoms with E-state index in [1.807, 2.05) is 0 Å². The summed E-state index contributed by atoms with van der Waals surface area (Å²) in [4.78, 5) is 0. The molecule has 0 fully saturated rings. The Kier molecular flexibility index (Phi) is 5.45. The Bertz CT molecular complexity index is 3140. The SMILES string of the molecule is c1ccc2cc3c(cc2c1)oc1cc(-c2ccc(-c4ccc5c(c4)c4ccccc4c4c6ccccc6c6ccccc6c54)cc2)ccc13. The number of hydrogen-bond donors (Lipinski definition) is 0. The molecular formula is C48H28O. The molecule has 226 valence electrons. The minimum Gasteiger partial charge on any atom is -0.456 e. The third-order valence-corrected chi connectivity index (χ3v) is 10.6. The molecule has 10 aromatic carbocycles. The normalized spacial score (nSPS) is 12.1. The average molecular weight is 621 g/mol. The molecular weight excluding hydrogens is 593 g/mol. The molecule has 0 saturated carbocycles. The van der Waals surface area contributed by atoms with Gasteiger partial charge in [-0.2, -0.15) is 0 Å². The van der Waals surface area contributed by atoms with E-state index in [1.165, 1.54) is 81.3 Å². The van der Waals surface area contributed by atoms with Gasteiger partial charge in [0.1, 0.15) is 11.2 Å². The molecule has 11 aromatic rings. The van der Waals surface area contributed by atoms with E-state index >= 15 is 0 Å². The Hall–Kier alpha value is -6.44. The van der Waals surface area contributed by atoms with Crippen LogP contribution in [-0.4, -0.2) is 0 Å². The van der Waals surface area contributed by atoms with Crippen molar-refractivity contribution < 1.29 is 4.42 Å². The molecule has 0 N–H and O–H groups in total. The van der Waals surface area contributed by atoms with Crippen molar-refractivity contribution in [1.82, 2.24) is 0 Å². The predicted octanol–water partition coefficient (Wildman–Crippen LogP) is 13.8. The molecule has 0 spiro atoms. The van der Waals surface area contributed by atoms with E-state index in [0.29, 0.717) is 0 Å². The van der Waals surface area contributed by atoms with Gasteiger partial charge in [0.15, 0.2) is 0 Å². The van der Waals surface area contributed by atoms with Gasteiger partial charge in [0, 0.05) is 10.8 Å². The van der Waals surface area contributed by atoms with Crippen LogP contribution >= 0.6 is 0 Å². The summed E-state index contributed by atoms with van der Waals surface area (Å²) in [7, 11) is 0. The Morgan fingerprint density at radius 2 is 0.653 bits per heavy atom. The van der Waals surface area contributed by atoms with Crippen LogP contribution in [0.1, 0.15) is 0 Å². The van der Waals surface area contributed by atoms with Gasteiger partial charge in [-0.1, -0.05) is 140 Å². The van der Waals surface area contributed by atoms with Crippen molar-refractivity contribution >= 4 is 86.6 Å². The van der Waals surface area contributed by atoms with Crippen molar-refractivity contribution in [3.05, 3.63) is 170 Å². The Balaban J connectivity index is 1.06. The van der Waals surface area contributed by atoms with Crippen LogP contribution in [0.15, 0.2) is 174 Å². The Morgan fingerprint density at radius 1 is 0.245 bits per heavy atom. The molecule has 0 saturated heterocycles. The summed E-state index contributed by atoms with van der Waals surface area (Å²) in [5, 5.41) is 17.8. The largest absolute Gasteiger partial charge is 0.456 e. The standard InChI is InChI=1S/C48H28O/c1-2-10-32-27-46-44(26-31(32)9-1)38-23-21-34(28-45(38)49-46)30-19-17-29(18-20-30)33-22-24-42-43(25-33)37-13-5-8-16-41(37)47-39-14-6-3-11-35(39)36-12-4-7-15-40(36)48(42)47/h1-28H. The Labute approximate surface area is 282 Å². The monoisotopic (exact) mass is 620 g/mol. The van der Waals surface area contributed by atoms with Crippen LogP contribution in [0.4, 0.5) is 0 Å².